The van der Waals surface area contributed by atoms with E-state index in [1.54, 1.807) is 36.2 Å². The number of hydrogen-bond acceptors (Lipinski definition) is 5. The molecule has 1 aromatic carbocycles. The Morgan fingerprint density at radius 2 is 1.93 bits per heavy atom. The van der Waals surface area contributed by atoms with E-state index in [0.29, 0.717) is 12.2 Å². The topological polar surface area (TPSA) is 86.1 Å². The summed E-state index contributed by atoms with van der Waals surface area (Å²) in [6.07, 6.45) is 2.26. The molecule has 2 heterocycles. The summed E-state index contributed by atoms with van der Waals surface area (Å²) in [5.74, 6) is 1.40. The van der Waals surface area contributed by atoms with Crippen LogP contribution in [0.2, 0.25) is 0 Å². The number of pyridine rings is 1. The van der Waals surface area contributed by atoms with Gasteiger partial charge < -0.3 is 4.74 Å². The molecule has 0 aliphatic carbocycles. The lowest BCUT2D eigenvalue weighted by Crippen LogP contribution is -2.26. The fourth-order valence-electron chi connectivity index (χ4n) is 3.15. The summed E-state index contributed by atoms with van der Waals surface area (Å²) >= 11 is 0. The number of methoxy groups -OCH3 is 1. The van der Waals surface area contributed by atoms with Gasteiger partial charge in [-0.1, -0.05) is 6.07 Å². The highest BCUT2D eigenvalue weighted by Gasteiger charge is 2.17. The molecule has 0 aliphatic heterocycles. The third-order valence-electron chi connectivity index (χ3n) is 4.65. The van der Waals surface area contributed by atoms with Crippen molar-refractivity contribution in [3.05, 3.63) is 65.1 Å². The minimum atomic E-state index is -3.59. The van der Waals surface area contributed by atoms with Crippen molar-refractivity contribution in [2.45, 2.75) is 32.1 Å². The lowest BCUT2D eigenvalue weighted by atomic mass is 10.1. The van der Waals surface area contributed by atoms with Crippen LogP contribution in [0.5, 0.6) is 5.75 Å². The Labute approximate surface area is 165 Å². The van der Waals surface area contributed by atoms with E-state index < -0.39 is 10.0 Å². The second kappa shape index (κ2) is 8.12. The van der Waals surface area contributed by atoms with Crippen molar-refractivity contribution >= 4 is 10.0 Å². The Kier molecular flexibility index (Phi) is 5.81. The second-order valence-electron chi connectivity index (χ2n) is 6.53. The molecule has 8 heteroatoms. The number of ether oxygens (including phenoxy) is 1. The molecule has 0 fully saturated rings. The highest BCUT2D eigenvalue weighted by molar-refractivity contribution is 7.89. The van der Waals surface area contributed by atoms with Crippen LogP contribution in [0.4, 0.5) is 0 Å². The maximum atomic E-state index is 12.6. The van der Waals surface area contributed by atoms with Gasteiger partial charge in [0, 0.05) is 18.4 Å². The Morgan fingerprint density at radius 1 is 1.14 bits per heavy atom. The number of rotatable bonds is 7. The van der Waals surface area contributed by atoms with Crippen molar-refractivity contribution in [1.82, 2.24) is 19.5 Å². The quantitative estimate of drug-likeness (QED) is 0.659. The van der Waals surface area contributed by atoms with E-state index in [9.17, 15) is 8.42 Å². The lowest BCUT2D eigenvalue weighted by molar-refractivity contribution is 0.411. The number of sulfonamides is 1. The van der Waals surface area contributed by atoms with Crippen molar-refractivity contribution in [2.75, 3.05) is 13.7 Å². The molecule has 7 nitrogen and oxygen atoms in total. The maximum Gasteiger partial charge on any atom is 0.240 e. The van der Waals surface area contributed by atoms with Crippen molar-refractivity contribution in [2.24, 2.45) is 0 Å². The number of benzene rings is 1. The third-order valence-corrected chi connectivity index (χ3v) is 6.11. The van der Waals surface area contributed by atoms with E-state index in [4.69, 9.17) is 4.74 Å². The van der Waals surface area contributed by atoms with Crippen LogP contribution in [-0.2, 0) is 16.4 Å². The predicted octanol–water partition coefficient (Wildman–Crippen LogP) is 2.72. The molecule has 1 N–H and O–H groups in total. The average Bonchev–Trinajstić information content (AvgIpc) is 2.96. The first-order valence-corrected chi connectivity index (χ1v) is 10.4. The summed E-state index contributed by atoms with van der Waals surface area (Å²) in [6.45, 7) is 5.98. The van der Waals surface area contributed by atoms with Crippen LogP contribution in [0.15, 0.2) is 47.5 Å². The van der Waals surface area contributed by atoms with E-state index in [1.807, 2.05) is 39.0 Å². The second-order valence-corrected chi connectivity index (χ2v) is 8.30. The van der Waals surface area contributed by atoms with Crippen LogP contribution < -0.4 is 9.46 Å². The van der Waals surface area contributed by atoms with Crippen molar-refractivity contribution in [1.29, 1.82) is 0 Å². The van der Waals surface area contributed by atoms with Crippen molar-refractivity contribution in [3.63, 3.8) is 0 Å². The van der Waals surface area contributed by atoms with Gasteiger partial charge in [0.2, 0.25) is 10.0 Å². The summed E-state index contributed by atoms with van der Waals surface area (Å²) in [6, 6.07) is 10.5. The molecular weight excluding hydrogens is 376 g/mol. The Bertz CT molecular complexity index is 1080. The van der Waals surface area contributed by atoms with Gasteiger partial charge in [-0.2, -0.15) is 5.10 Å². The van der Waals surface area contributed by atoms with Gasteiger partial charge in [-0.05, 0) is 68.7 Å². The molecule has 3 aromatic rings. The van der Waals surface area contributed by atoms with Crippen LogP contribution in [-0.4, -0.2) is 36.8 Å². The van der Waals surface area contributed by atoms with Gasteiger partial charge in [-0.15, -0.1) is 0 Å². The first kappa shape index (κ1) is 20.0. The molecule has 0 aliphatic rings. The van der Waals surface area contributed by atoms with Gasteiger partial charge in [0.1, 0.15) is 5.75 Å². The molecule has 148 valence electrons. The summed E-state index contributed by atoms with van der Waals surface area (Å²) in [5, 5.41) is 4.55. The average molecular weight is 401 g/mol. The fourth-order valence-corrected chi connectivity index (χ4v) is 4.27. The smallest absolute Gasteiger partial charge is 0.240 e. The van der Waals surface area contributed by atoms with Gasteiger partial charge >= 0.3 is 0 Å². The Morgan fingerprint density at radius 3 is 2.57 bits per heavy atom. The summed E-state index contributed by atoms with van der Waals surface area (Å²) in [5.41, 5.74) is 3.60. The van der Waals surface area contributed by atoms with Gasteiger partial charge in [0.15, 0.2) is 5.82 Å². The van der Waals surface area contributed by atoms with Crippen LogP contribution >= 0.6 is 0 Å². The largest absolute Gasteiger partial charge is 0.496 e. The molecule has 2 aromatic heterocycles. The zero-order valence-electron chi connectivity index (χ0n) is 16.4. The van der Waals surface area contributed by atoms with Gasteiger partial charge in [-0.3, -0.25) is 0 Å². The minimum Gasteiger partial charge on any atom is -0.496 e. The highest BCUT2D eigenvalue weighted by atomic mass is 32.2. The standard InChI is InChI=1S/C20H24N4O3S/c1-14-13-17(8-9-19(14)27-4)28(25,26)22-12-10-18-15(2)23-24(16(18)3)20-7-5-6-11-21-20/h5-9,11,13,22H,10,12H2,1-4H3. The normalized spacial score (nSPS) is 11.6. The number of nitrogens with one attached hydrogen (secondary N) is 1. The number of hydrogen-bond donors (Lipinski definition) is 1. The van der Waals surface area contributed by atoms with E-state index in [1.165, 1.54) is 0 Å². The first-order chi connectivity index (χ1) is 13.3. The molecule has 0 amide bonds. The van der Waals surface area contributed by atoms with E-state index in [0.717, 1.165) is 28.3 Å². The Hall–Kier alpha value is -2.71. The lowest BCUT2D eigenvalue weighted by Gasteiger charge is -2.10. The molecule has 0 bridgehead atoms. The minimum absolute atomic E-state index is 0.225. The van der Waals surface area contributed by atoms with Crippen LogP contribution in [0.1, 0.15) is 22.5 Å². The predicted molar refractivity (Wildman–Crippen MR) is 107 cm³/mol. The van der Waals surface area contributed by atoms with Gasteiger partial charge in [-0.25, -0.2) is 22.8 Å². The number of nitrogens with zero attached hydrogens (tertiary/aromatic N) is 3. The molecule has 0 saturated heterocycles. The van der Waals surface area contributed by atoms with Gasteiger partial charge in [0.25, 0.3) is 0 Å². The third kappa shape index (κ3) is 4.07. The van der Waals surface area contributed by atoms with Crippen LogP contribution in [0.3, 0.4) is 0 Å². The molecular formula is C20H24N4O3S. The zero-order chi connectivity index (χ0) is 20.3. The van der Waals surface area contributed by atoms with E-state index in [-0.39, 0.29) is 11.4 Å². The first-order valence-electron chi connectivity index (χ1n) is 8.94. The van der Waals surface area contributed by atoms with Crippen LogP contribution in [0.25, 0.3) is 5.82 Å². The van der Waals surface area contributed by atoms with E-state index >= 15 is 0 Å². The van der Waals surface area contributed by atoms with Crippen LogP contribution in [0, 0.1) is 20.8 Å². The van der Waals surface area contributed by atoms with Crippen molar-refractivity contribution in [3.8, 4) is 11.6 Å². The zero-order valence-corrected chi connectivity index (χ0v) is 17.2. The number of aryl methyl sites for hydroxylation is 2. The van der Waals surface area contributed by atoms with E-state index in [2.05, 4.69) is 14.8 Å². The fraction of sp³-hybridized carbons (Fsp3) is 0.300. The summed E-state index contributed by atoms with van der Waals surface area (Å²) < 4.78 is 34.8. The monoisotopic (exact) mass is 400 g/mol. The highest BCUT2D eigenvalue weighted by Crippen LogP contribution is 2.21. The molecule has 0 unspecified atom stereocenters. The molecule has 0 saturated carbocycles. The SMILES string of the molecule is COc1ccc(S(=O)(=O)NCCc2c(C)nn(-c3ccccn3)c2C)cc1C. The maximum absolute atomic E-state index is 12.6. The summed E-state index contributed by atoms with van der Waals surface area (Å²) in [4.78, 5) is 4.55. The molecule has 28 heavy (non-hydrogen) atoms. The van der Waals surface area contributed by atoms with Gasteiger partial charge in [0.05, 0.1) is 17.7 Å². The Balaban J connectivity index is 1.73. The summed E-state index contributed by atoms with van der Waals surface area (Å²) in [7, 11) is -2.03. The molecule has 0 atom stereocenters. The molecule has 3 rings (SSSR count). The van der Waals surface area contributed by atoms with Crippen molar-refractivity contribution < 1.29 is 13.2 Å². The number of aromatic nitrogens is 3. The molecule has 0 spiro atoms. The molecule has 0 radical (unpaired) electrons.